The first-order valence-electron chi connectivity index (χ1n) is 11.8. The van der Waals surface area contributed by atoms with E-state index in [9.17, 15) is 0 Å². The summed E-state index contributed by atoms with van der Waals surface area (Å²) in [5.74, 6) is 2.46. The molecule has 0 radical (unpaired) electrons. The molecular formula is C27H33N3OS2. The first-order chi connectivity index (χ1) is 16.2. The van der Waals surface area contributed by atoms with Crippen LogP contribution in [0.15, 0.2) is 72.1 Å². The third kappa shape index (κ3) is 7.56. The topological polar surface area (TPSA) is 27.7 Å². The molecule has 1 aliphatic rings. The van der Waals surface area contributed by atoms with Gasteiger partial charge in [-0.3, -0.25) is 0 Å². The third-order valence-electron chi connectivity index (χ3n) is 5.94. The number of nitrogens with one attached hydrogen (secondary N) is 1. The van der Waals surface area contributed by atoms with E-state index >= 15 is 0 Å². The monoisotopic (exact) mass is 479 g/mol. The minimum atomic E-state index is 0.770. The number of anilines is 1. The van der Waals surface area contributed by atoms with Crippen LogP contribution in [0.3, 0.4) is 0 Å². The van der Waals surface area contributed by atoms with Crippen LogP contribution in [-0.2, 0) is 6.54 Å². The quantitative estimate of drug-likeness (QED) is 0.338. The Balaban J connectivity index is 1.33. The molecule has 1 saturated heterocycles. The minimum absolute atomic E-state index is 0.770. The van der Waals surface area contributed by atoms with E-state index < -0.39 is 0 Å². The van der Waals surface area contributed by atoms with Gasteiger partial charge in [0.2, 0.25) is 0 Å². The highest BCUT2D eigenvalue weighted by molar-refractivity contribution is 7.80. The van der Waals surface area contributed by atoms with Gasteiger partial charge in [0.25, 0.3) is 0 Å². The van der Waals surface area contributed by atoms with E-state index in [1.54, 1.807) is 11.3 Å². The number of ether oxygens (including phenoxy) is 1. The molecular weight excluding hydrogens is 446 g/mol. The van der Waals surface area contributed by atoms with Crippen LogP contribution >= 0.6 is 23.6 Å². The second-order valence-corrected chi connectivity index (χ2v) is 10.2. The molecule has 174 valence electrons. The summed E-state index contributed by atoms with van der Waals surface area (Å²) in [6.07, 6.45) is 3.80. The minimum Gasteiger partial charge on any atom is -0.457 e. The van der Waals surface area contributed by atoms with E-state index in [-0.39, 0.29) is 0 Å². The van der Waals surface area contributed by atoms with Crippen molar-refractivity contribution in [3.8, 4) is 11.5 Å². The Bertz CT molecular complexity index is 976. The molecule has 0 amide bonds. The van der Waals surface area contributed by atoms with Crippen LogP contribution in [0.4, 0.5) is 5.69 Å². The number of rotatable bonds is 9. The van der Waals surface area contributed by atoms with Crippen molar-refractivity contribution in [2.75, 3.05) is 31.5 Å². The number of thiocarbonyl (C=S) groups is 1. The van der Waals surface area contributed by atoms with Crippen molar-refractivity contribution < 1.29 is 4.74 Å². The van der Waals surface area contributed by atoms with Gasteiger partial charge in [0.1, 0.15) is 11.5 Å². The summed E-state index contributed by atoms with van der Waals surface area (Å²) in [5, 5.41) is 6.33. The van der Waals surface area contributed by atoms with Crippen LogP contribution < -0.4 is 10.1 Å². The Morgan fingerprint density at radius 1 is 1.09 bits per heavy atom. The number of likely N-dealkylation sites (tertiary alicyclic amines) is 1. The van der Waals surface area contributed by atoms with Crippen molar-refractivity contribution in [3.63, 3.8) is 0 Å². The fourth-order valence-electron chi connectivity index (χ4n) is 4.25. The van der Waals surface area contributed by atoms with Gasteiger partial charge >= 0.3 is 0 Å². The van der Waals surface area contributed by atoms with Gasteiger partial charge in [0.05, 0.1) is 6.54 Å². The van der Waals surface area contributed by atoms with Crippen LogP contribution in [0.25, 0.3) is 0 Å². The second-order valence-electron chi connectivity index (χ2n) is 8.77. The summed E-state index contributed by atoms with van der Waals surface area (Å²) in [5.41, 5.74) is 0.974. The first-order valence-corrected chi connectivity index (χ1v) is 13.1. The van der Waals surface area contributed by atoms with Crippen molar-refractivity contribution in [1.82, 2.24) is 9.80 Å². The average Bonchev–Trinajstić information content (AvgIpc) is 3.34. The van der Waals surface area contributed by atoms with Crippen LogP contribution in [0.5, 0.6) is 11.5 Å². The highest BCUT2D eigenvalue weighted by Crippen LogP contribution is 2.23. The number of nitrogens with zero attached hydrogens (tertiary/aromatic N) is 2. The maximum absolute atomic E-state index is 5.90. The summed E-state index contributed by atoms with van der Waals surface area (Å²) in [6, 6.07) is 22.1. The van der Waals surface area contributed by atoms with Crippen molar-refractivity contribution >= 4 is 34.4 Å². The molecule has 1 aromatic heterocycles. The average molecular weight is 480 g/mol. The van der Waals surface area contributed by atoms with E-state index in [4.69, 9.17) is 17.0 Å². The zero-order valence-corrected chi connectivity index (χ0v) is 20.9. The molecule has 2 aromatic carbocycles. The normalized spacial score (nSPS) is 16.3. The summed E-state index contributed by atoms with van der Waals surface area (Å²) in [7, 11) is 0. The van der Waals surface area contributed by atoms with Crippen molar-refractivity contribution in [3.05, 3.63) is 77.0 Å². The van der Waals surface area contributed by atoms with Gasteiger partial charge in [-0.05, 0) is 98.3 Å². The molecule has 2 heterocycles. The molecule has 0 spiro atoms. The lowest BCUT2D eigenvalue weighted by Gasteiger charge is -2.32. The maximum Gasteiger partial charge on any atom is 0.173 e. The Morgan fingerprint density at radius 2 is 1.88 bits per heavy atom. The molecule has 3 aromatic rings. The molecule has 0 aliphatic carbocycles. The largest absolute Gasteiger partial charge is 0.457 e. The summed E-state index contributed by atoms with van der Waals surface area (Å²) < 4.78 is 5.90. The number of para-hydroxylation sites is 1. The number of hydrogen-bond donors (Lipinski definition) is 1. The van der Waals surface area contributed by atoms with Crippen molar-refractivity contribution in [1.29, 1.82) is 0 Å². The fourth-order valence-corrected chi connectivity index (χ4v) is 5.24. The Morgan fingerprint density at radius 3 is 2.61 bits per heavy atom. The number of hydrogen-bond acceptors (Lipinski definition) is 4. The fraction of sp³-hybridized carbons (Fsp3) is 0.370. The molecule has 0 bridgehead atoms. The molecule has 1 N–H and O–H groups in total. The Hall–Kier alpha value is -2.41. The zero-order chi connectivity index (χ0) is 22.9. The Kier molecular flexibility index (Phi) is 8.75. The standard InChI is InChI=1S/C27H33N3OS2/c1-22-8-5-16-29(20-22)17-7-18-30(21-26-11-6-19-33-26)27(32)28-23-12-14-25(15-13-23)31-24-9-3-2-4-10-24/h2-4,6,9-15,19,22H,5,7-8,16-18,20-21H2,1H3,(H,28,32)/t22-/m0/s1. The predicted molar refractivity (Wildman–Crippen MR) is 143 cm³/mol. The lowest BCUT2D eigenvalue weighted by atomic mass is 10.0. The van der Waals surface area contributed by atoms with Gasteiger partial charge in [0.15, 0.2) is 5.11 Å². The van der Waals surface area contributed by atoms with E-state index in [1.807, 2.05) is 54.6 Å². The number of thiophene rings is 1. The van der Waals surface area contributed by atoms with E-state index in [1.165, 1.54) is 30.8 Å². The Labute approximate surface area is 207 Å². The van der Waals surface area contributed by atoms with Crippen LogP contribution in [0.1, 0.15) is 31.1 Å². The number of piperidine rings is 1. The molecule has 1 fully saturated rings. The van der Waals surface area contributed by atoms with Gasteiger partial charge in [-0.25, -0.2) is 0 Å². The third-order valence-corrected chi connectivity index (χ3v) is 7.16. The second kappa shape index (κ2) is 12.2. The molecule has 0 unspecified atom stereocenters. The maximum atomic E-state index is 5.90. The molecule has 4 nitrogen and oxygen atoms in total. The number of benzene rings is 2. The molecule has 33 heavy (non-hydrogen) atoms. The lowest BCUT2D eigenvalue weighted by molar-refractivity contribution is 0.177. The lowest BCUT2D eigenvalue weighted by Crippen LogP contribution is -2.39. The van der Waals surface area contributed by atoms with Crippen LogP contribution in [-0.4, -0.2) is 41.1 Å². The summed E-state index contributed by atoms with van der Waals surface area (Å²) in [4.78, 5) is 6.24. The molecule has 1 aliphatic heterocycles. The molecule has 1 atom stereocenters. The van der Waals surface area contributed by atoms with E-state index in [2.05, 4.69) is 39.6 Å². The smallest absolute Gasteiger partial charge is 0.173 e. The summed E-state index contributed by atoms with van der Waals surface area (Å²) >= 11 is 7.62. The first kappa shape index (κ1) is 23.7. The van der Waals surface area contributed by atoms with Crippen molar-refractivity contribution in [2.45, 2.75) is 32.7 Å². The molecule has 6 heteroatoms. The zero-order valence-electron chi connectivity index (χ0n) is 19.3. The summed E-state index contributed by atoms with van der Waals surface area (Å²) in [6.45, 7) is 7.75. The van der Waals surface area contributed by atoms with E-state index in [0.717, 1.165) is 54.3 Å². The van der Waals surface area contributed by atoms with Gasteiger partial charge in [-0.15, -0.1) is 11.3 Å². The molecule has 0 saturated carbocycles. The van der Waals surface area contributed by atoms with E-state index in [0.29, 0.717) is 0 Å². The highest BCUT2D eigenvalue weighted by atomic mass is 32.1. The highest BCUT2D eigenvalue weighted by Gasteiger charge is 2.17. The van der Waals surface area contributed by atoms with Crippen LogP contribution in [0, 0.1) is 5.92 Å². The van der Waals surface area contributed by atoms with Crippen molar-refractivity contribution in [2.24, 2.45) is 5.92 Å². The SMILES string of the molecule is C[C@H]1CCCN(CCCN(Cc2cccs2)C(=S)Nc2ccc(Oc3ccccc3)cc2)C1. The predicted octanol–water partition coefficient (Wildman–Crippen LogP) is 6.86. The van der Waals surface area contributed by atoms with Gasteiger partial charge < -0.3 is 19.9 Å². The molecule has 4 rings (SSSR count). The van der Waals surface area contributed by atoms with Gasteiger partial charge in [-0.1, -0.05) is 31.2 Å². The van der Waals surface area contributed by atoms with Gasteiger partial charge in [-0.2, -0.15) is 0 Å². The van der Waals surface area contributed by atoms with Gasteiger partial charge in [0, 0.05) is 23.7 Å². The van der Waals surface area contributed by atoms with Crippen LogP contribution in [0.2, 0.25) is 0 Å².